The van der Waals surface area contributed by atoms with Crippen LogP contribution in [0.3, 0.4) is 0 Å². The fourth-order valence-electron chi connectivity index (χ4n) is 3.96. The summed E-state index contributed by atoms with van der Waals surface area (Å²) in [4.78, 5) is 29.4. The van der Waals surface area contributed by atoms with Gasteiger partial charge in [-0.1, -0.05) is 6.07 Å². The molecule has 0 aliphatic carbocycles. The summed E-state index contributed by atoms with van der Waals surface area (Å²) < 4.78 is 11.2. The molecule has 0 radical (unpaired) electrons. The van der Waals surface area contributed by atoms with E-state index in [1.807, 2.05) is 6.92 Å². The lowest BCUT2D eigenvalue weighted by molar-refractivity contribution is -0.908. The summed E-state index contributed by atoms with van der Waals surface area (Å²) in [5.41, 5.74) is 0.102. The van der Waals surface area contributed by atoms with E-state index in [9.17, 15) is 14.7 Å². The number of thiophene rings is 1. The molecule has 0 bridgehead atoms. The molecule has 2 aliphatic heterocycles. The van der Waals surface area contributed by atoms with Crippen molar-refractivity contribution in [2.24, 2.45) is 0 Å². The molecule has 7 nitrogen and oxygen atoms in total. The number of ketones is 1. The first-order valence-corrected chi connectivity index (χ1v) is 10.7. The summed E-state index contributed by atoms with van der Waals surface area (Å²) in [6.07, 6.45) is 0.769. The second-order valence-corrected chi connectivity index (χ2v) is 8.33. The quantitative estimate of drug-likeness (QED) is 0.668. The van der Waals surface area contributed by atoms with Crippen molar-refractivity contribution in [3.63, 3.8) is 0 Å². The van der Waals surface area contributed by atoms with Gasteiger partial charge in [0.15, 0.2) is 5.76 Å². The zero-order valence-corrected chi connectivity index (χ0v) is 17.2. The van der Waals surface area contributed by atoms with E-state index in [2.05, 4.69) is 0 Å². The monoisotopic (exact) mass is 417 g/mol. The third-order valence-electron chi connectivity index (χ3n) is 5.45. The van der Waals surface area contributed by atoms with Crippen LogP contribution in [0.15, 0.2) is 45.4 Å². The van der Waals surface area contributed by atoms with E-state index in [1.165, 1.54) is 16.2 Å². The molecule has 1 atom stereocenters. The Balaban J connectivity index is 1.57. The van der Waals surface area contributed by atoms with E-state index < -0.39 is 17.7 Å². The molecule has 4 rings (SSSR count). The van der Waals surface area contributed by atoms with Crippen LogP contribution in [0.2, 0.25) is 0 Å². The summed E-state index contributed by atoms with van der Waals surface area (Å²) in [6.45, 7) is 6.60. The van der Waals surface area contributed by atoms with Crippen LogP contribution in [-0.2, 0) is 9.53 Å². The van der Waals surface area contributed by atoms with Gasteiger partial charge in [-0.25, -0.2) is 0 Å². The Kier molecular flexibility index (Phi) is 5.84. The number of nitrogens with one attached hydrogen (secondary N) is 1. The second kappa shape index (κ2) is 8.52. The highest BCUT2D eigenvalue weighted by molar-refractivity contribution is 7.12. The molecule has 0 unspecified atom stereocenters. The number of quaternary nitrogens is 1. The largest absolute Gasteiger partial charge is 0.503 e. The van der Waals surface area contributed by atoms with Gasteiger partial charge >= 0.3 is 0 Å². The summed E-state index contributed by atoms with van der Waals surface area (Å²) in [5.74, 6) is -0.119. The van der Waals surface area contributed by atoms with Crippen LogP contribution in [0.5, 0.6) is 0 Å². The predicted octanol–water partition coefficient (Wildman–Crippen LogP) is 1.53. The molecule has 154 valence electrons. The molecule has 1 fully saturated rings. The molecule has 8 heteroatoms. The van der Waals surface area contributed by atoms with Gasteiger partial charge in [-0.3, -0.25) is 9.59 Å². The predicted molar refractivity (Wildman–Crippen MR) is 107 cm³/mol. The zero-order chi connectivity index (χ0) is 20.4. The summed E-state index contributed by atoms with van der Waals surface area (Å²) in [6, 6.07) is 6.35. The number of aliphatic hydroxyl groups excluding tert-OH is 1. The van der Waals surface area contributed by atoms with Crippen molar-refractivity contribution in [1.82, 2.24) is 4.90 Å². The number of furan rings is 1. The van der Waals surface area contributed by atoms with Crippen molar-refractivity contribution >= 4 is 23.0 Å². The highest BCUT2D eigenvalue weighted by atomic mass is 32.1. The molecule has 29 heavy (non-hydrogen) atoms. The van der Waals surface area contributed by atoms with Gasteiger partial charge in [0.25, 0.3) is 5.91 Å². The van der Waals surface area contributed by atoms with E-state index in [0.717, 1.165) is 39.3 Å². The van der Waals surface area contributed by atoms with Gasteiger partial charge in [-0.2, -0.15) is 0 Å². The average molecular weight is 418 g/mol. The number of nitrogens with zero attached hydrogens (tertiary/aromatic N) is 1. The lowest BCUT2D eigenvalue weighted by Crippen LogP contribution is -3.14. The Morgan fingerprint density at radius 2 is 2.10 bits per heavy atom. The van der Waals surface area contributed by atoms with Gasteiger partial charge in [0.1, 0.15) is 30.7 Å². The standard InChI is InChI=1S/C21H24N2O5S/c1-14-5-6-15(28-14)18-17(19(24)16-4-2-13-29-16)20(25)21(26)23(18)8-3-7-22-9-11-27-12-10-22/h2,4-6,13,18,25H,3,7-12H2,1H3/p+1/t18-/m0/s1. The second-order valence-electron chi connectivity index (χ2n) is 7.38. The number of ether oxygens (including phenoxy) is 1. The lowest BCUT2D eigenvalue weighted by Gasteiger charge is -2.27. The molecule has 2 aromatic heterocycles. The maximum atomic E-state index is 13.1. The Labute approximate surface area is 173 Å². The molecule has 1 amide bonds. The number of carbonyl (C=O) groups excluding carboxylic acids is 2. The van der Waals surface area contributed by atoms with Crippen LogP contribution in [0.25, 0.3) is 0 Å². The SMILES string of the molecule is Cc1ccc([C@H]2C(C(=O)c3cccs3)=C(O)C(=O)N2CCC[NH+]2CCOCC2)o1. The van der Waals surface area contributed by atoms with Gasteiger partial charge in [0.2, 0.25) is 5.78 Å². The van der Waals surface area contributed by atoms with Crippen molar-refractivity contribution < 1.29 is 28.7 Å². The van der Waals surface area contributed by atoms with E-state index in [0.29, 0.717) is 22.9 Å². The van der Waals surface area contributed by atoms with Crippen LogP contribution < -0.4 is 4.90 Å². The molecular formula is C21H25N2O5S+. The third kappa shape index (κ3) is 4.01. The summed E-state index contributed by atoms with van der Waals surface area (Å²) in [5, 5.41) is 12.4. The van der Waals surface area contributed by atoms with Crippen molar-refractivity contribution in [2.45, 2.75) is 19.4 Å². The van der Waals surface area contributed by atoms with Crippen molar-refractivity contribution in [3.05, 3.63) is 57.4 Å². The zero-order valence-electron chi connectivity index (χ0n) is 16.3. The van der Waals surface area contributed by atoms with Crippen molar-refractivity contribution in [1.29, 1.82) is 0 Å². The Morgan fingerprint density at radius 3 is 2.76 bits per heavy atom. The lowest BCUT2D eigenvalue weighted by atomic mass is 10.00. The Hall–Kier alpha value is -2.42. The molecule has 0 spiro atoms. The van der Waals surface area contributed by atoms with Gasteiger partial charge in [-0.15, -0.1) is 11.3 Å². The fraction of sp³-hybridized carbons (Fsp3) is 0.429. The van der Waals surface area contributed by atoms with E-state index in [-0.39, 0.29) is 11.4 Å². The fourth-order valence-corrected chi connectivity index (χ4v) is 4.64. The highest BCUT2D eigenvalue weighted by Gasteiger charge is 2.45. The van der Waals surface area contributed by atoms with Gasteiger partial charge < -0.3 is 24.1 Å². The van der Waals surface area contributed by atoms with E-state index in [4.69, 9.17) is 9.15 Å². The normalized spacial score (nSPS) is 20.7. The van der Waals surface area contributed by atoms with Crippen LogP contribution in [0, 0.1) is 6.92 Å². The molecule has 4 heterocycles. The van der Waals surface area contributed by atoms with Crippen LogP contribution in [0.1, 0.15) is 33.7 Å². The maximum absolute atomic E-state index is 13.1. The molecule has 0 aromatic carbocycles. The third-order valence-corrected chi connectivity index (χ3v) is 6.32. The Bertz CT molecular complexity index is 911. The van der Waals surface area contributed by atoms with Crippen molar-refractivity contribution in [2.75, 3.05) is 39.4 Å². The molecule has 2 aromatic rings. The number of morpholine rings is 1. The van der Waals surface area contributed by atoms with Crippen LogP contribution >= 0.6 is 11.3 Å². The number of hydrogen-bond acceptors (Lipinski definition) is 6. The van der Waals surface area contributed by atoms with Crippen LogP contribution in [0.4, 0.5) is 0 Å². The van der Waals surface area contributed by atoms with E-state index >= 15 is 0 Å². The number of aliphatic hydroxyl groups is 1. The number of rotatable bonds is 7. The van der Waals surface area contributed by atoms with Gasteiger partial charge in [-0.05, 0) is 30.5 Å². The molecule has 1 saturated heterocycles. The number of Topliss-reactive ketones (excluding diaryl/α,β-unsaturated/α-hetero) is 1. The van der Waals surface area contributed by atoms with E-state index in [1.54, 1.807) is 34.5 Å². The highest BCUT2D eigenvalue weighted by Crippen LogP contribution is 2.40. The van der Waals surface area contributed by atoms with Gasteiger partial charge in [0, 0.05) is 13.0 Å². The summed E-state index contributed by atoms with van der Waals surface area (Å²) >= 11 is 1.29. The first-order valence-electron chi connectivity index (χ1n) is 9.86. The molecule has 2 aliphatic rings. The first kappa shape index (κ1) is 19.9. The first-order chi connectivity index (χ1) is 14.1. The number of amides is 1. The number of carbonyl (C=O) groups is 2. The number of hydrogen-bond donors (Lipinski definition) is 2. The van der Waals surface area contributed by atoms with Gasteiger partial charge in [0.05, 0.1) is 30.2 Å². The molecular weight excluding hydrogens is 392 g/mol. The maximum Gasteiger partial charge on any atom is 0.290 e. The molecule has 2 N–H and O–H groups in total. The van der Waals surface area contributed by atoms with Crippen molar-refractivity contribution in [3.8, 4) is 0 Å². The summed E-state index contributed by atoms with van der Waals surface area (Å²) in [7, 11) is 0. The topological polar surface area (TPSA) is 84.4 Å². The average Bonchev–Trinajstić information content (AvgIpc) is 3.45. The Morgan fingerprint density at radius 1 is 1.31 bits per heavy atom. The molecule has 0 saturated carbocycles. The minimum absolute atomic E-state index is 0.102. The minimum atomic E-state index is -0.703. The van der Waals surface area contributed by atoms with Crippen LogP contribution in [-0.4, -0.2) is 61.1 Å². The minimum Gasteiger partial charge on any atom is -0.503 e. The number of aryl methyl sites for hydroxylation is 1. The smallest absolute Gasteiger partial charge is 0.290 e.